The zero-order chi connectivity index (χ0) is 13.7. The molecule has 1 aliphatic heterocycles. The third kappa shape index (κ3) is 1.72. The molecular formula is C16H24N2O. The van der Waals surface area contributed by atoms with Gasteiger partial charge in [0.15, 0.2) is 0 Å². The first kappa shape index (κ1) is 12.9. The van der Waals surface area contributed by atoms with Crippen molar-refractivity contribution in [1.29, 1.82) is 0 Å². The van der Waals surface area contributed by atoms with Gasteiger partial charge in [0.1, 0.15) is 0 Å². The van der Waals surface area contributed by atoms with E-state index in [1.807, 2.05) is 6.07 Å². The molecule has 2 fully saturated rings. The molecule has 1 saturated carbocycles. The largest absolute Gasteiger partial charge is 0.377 e. The minimum atomic E-state index is -0.154. The van der Waals surface area contributed by atoms with E-state index in [-0.39, 0.29) is 11.0 Å². The highest BCUT2D eigenvalue weighted by Gasteiger charge is 2.67. The molecule has 2 N–H and O–H groups in total. The van der Waals surface area contributed by atoms with Gasteiger partial charge in [-0.25, -0.2) is 0 Å². The Hall–Kier alpha value is -1.06. The monoisotopic (exact) mass is 260 g/mol. The summed E-state index contributed by atoms with van der Waals surface area (Å²) in [5.41, 5.74) is 7.91. The molecule has 1 aromatic rings. The van der Waals surface area contributed by atoms with Gasteiger partial charge in [0.25, 0.3) is 0 Å². The van der Waals surface area contributed by atoms with E-state index < -0.39 is 0 Å². The zero-order valence-electron chi connectivity index (χ0n) is 12.1. The van der Waals surface area contributed by atoms with Crippen LogP contribution in [0.3, 0.4) is 0 Å². The summed E-state index contributed by atoms with van der Waals surface area (Å²) in [6, 6.07) is 10.5. The molecule has 0 aromatic heterocycles. The van der Waals surface area contributed by atoms with E-state index in [1.165, 1.54) is 5.69 Å². The third-order valence-electron chi connectivity index (χ3n) is 5.36. The molecule has 3 rings (SSSR count). The van der Waals surface area contributed by atoms with Gasteiger partial charge in [-0.1, -0.05) is 32.0 Å². The molecule has 1 saturated heterocycles. The Bertz CT molecular complexity index is 459. The van der Waals surface area contributed by atoms with Crippen LogP contribution in [0.5, 0.6) is 0 Å². The number of benzene rings is 1. The van der Waals surface area contributed by atoms with Crippen LogP contribution in [0.25, 0.3) is 0 Å². The van der Waals surface area contributed by atoms with E-state index >= 15 is 0 Å². The Morgan fingerprint density at radius 2 is 2.00 bits per heavy atom. The van der Waals surface area contributed by atoms with Crippen LogP contribution in [0.4, 0.5) is 5.69 Å². The number of hydrogen-bond acceptors (Lipinski definition) is 3. The second-order valence-corrected chi connectivity index (χ2v) is 6.64. The quantitative estimate of drug-likeness (QED) is 0.906. The lowest BCUT2D eigenvalue weighted by Gasteiger charge is -2.63. The number of likely N-dealkylation sites (N-methyl/N-ethyl adjacent to an activating group) is 1. The van der Waals surface area contributed by atoms with E-state index in [9.17, 15) is 0 Å². The van der Waals surface area contributed by atoms with Crippen molar-refractivity contribution in [2.24, 2.45) is 17.1 Å². The standard InChI is InChI=1S/C16H24N2O/c1-15(2)14-13(9-10-19-14)16(15,17)11-18(3)12-7-5-4-6-8-12/h4-8,13-14H,9-11,17H2,1-3H3. The van der Waals surface area contributed by atoms with E-state index in [2.05, 4.69) is 50.1 Å². The molecule has 0 radical (unpaired) electrons. The van der Waals surface area contributed by atoms with Crippen molar-refractivity contribution in [1.82, 2.24) is 0 Å². The maximum absolute atomic E-state index is 6.78. The molecule has 3 atom stereocenters. The number of nitrogens with two attached hydrogens (primary N) is 1. The molecule has 1 aromatic carbocycles. The van der Waals surface area contributed by atoms with Crippen molar-refractivity contribution in [3.05, 3.63) is 30.3 Å². The summed E-state index contributed by atoms with van der Waals surface area (Å²) < 4.78 is 5.85. The predicted molar refractivity (Wildman–Crippen MR) is 78.3 cm³/mol. The second-order valence-electron chi connectivity index (χ2n) is 6.64. The molecule has 0 bridgehead atoms. The molecule has 1 aliphatic carbocycles. The Morgan fingerprint density at radius 3 is 2.68 bits per heavy atom. The first-order chi connectivity index (χ1) is 8.97. The summed E-state index contributed by atoms with van der Waals surface area (Å²) in [4.78, 5) is 2.27. The van der Waals surface area contributed by atoms with E-state index in [0.717, 1.165) is 19.6 Å². The van der Waals surface area contributed by atoms with Crippen molar-refractivity contribution in [2.45, 2.75) is 31.9 Å². The van der Waals surface area contributed by atoms with E-state index in [1.54, 1.807) is 0 Å². The van der Waals surface area contributed by atoms with Crippen LogP contribution in [0, 0.1) is 11.3 Å². The Kier molecular flexibility index (Phi) is 2.88. The molecular weight excluding hydrogens is 236 g/mol. The molecule has 104 valence electrons. The smallest absolute Gasteiger partial charge is 0.0691 e. The van der Waals surface area contributed by atoms with Gasteiger partial charge in [-0.2, -0.15) is 0 Å². The number of nitrogens with zero attached hydrogens (tertiary/aromatic N) is 1. The number of rotatable bonds is 3. The number of anilines is 1. The van der Waals surface area contributed by atoms with Gasteiger partial charge in [-0.15, -0.1) is 0 Å². The molecule has 0 spiro atoms. The fourth-order valence-electron chi connectivity index (χ4n) is 3.96. The number of fused-ring (bicyclic) bond motifs is 1. The summed E-state index contributed by atoms with van der Waals surface area (Å²) in [5, 5.41) is 0. The fraction of sp³-hybridized carbons (Fsp3) is 0.625. The summed E-state index contributed by atoms with van der Waals surface area (Å²) in [6.45, 7) is 6.25. The van der Waals surface area contributed by atoms with Crippen molar-refractivity contribution in [2.75, 3.05) is 25.1 Å². The Morgan fingerprint density at radius 1 is 1.32 bits per heavy atom. The predicted octanol–water partition coefficient (Wildman–Crippen LogP) is 2.27. The van der Waals surface area contributed by atoms with Crippen LogP contribution < -0.4 is 10.6 Å². The van der Waals surface area contributed by atoms with E-state index in [4.69, 9.17) is 10.5 Å². The van der Waals surface area contributed by atoms with Gasteiger partial charge in [-0.3, -0.25) is 0 Å². The minimum Gasteiger partial charge on any atom is -0.377 e. The summed E-state index contributed by atoms with van der Waals surface area (Å²) in [7, 11) is 2.13. The molecule has 2 aliphatic rings. The fourth-order valence-corrected chi connectivity index (χ4v) is 3.96. The van der Waals surface area contributed by atoms with Crippen LogP contribution in [-0.2, 0) is 4.74 Å². The SMILES string of the molecule is CN(CC1(N)C2CCOC2C1(C)C)c1ccccc1. The van der Waals surface area contributed by atoms with Crippen LogP contribution in [0.15, 0.2) is 30.3 Å². The topological polar surface area (TPSA) is 38.5 Å². The van der Waals surface area contributed by atoms with Crippen molar-refractivity contribution >= 4 is 5.69 Å². The summed E-state index contributed by atoms with van der Waals surface area (Å²) in [6.07, 6.45) is 1.45. The van der Waals surface area contributed by atoms with Gasteiger partial charge < -0.3 is 15.4 Å². The van der Waals surface area contributed by atoms with Gasteiger partial charge >= 0.3 is 0 Å². The zero-order valence-corrected chi connectivity index (χ0v) is 12.1. The first-order valence-corrected chi connectivity index (χ1v) is 7.13. The molecule has 3 nitrogen and oxygen atoms in total. The minimum absolute atomic E-state index is 0.0528. The second kappa shape index (κ2) is 4.22. The van der Waals surface area contributed by atoms with Crippen LogP contribution >= 0.6 is 0 Å². The highest BCUT2D eigenvalue weighted by molar-refractivity contribution is 5.46. The maximum Gasteiger partial charge on any atom is 0.0691 e. The third-order valence-corrected chi connectivity index (χ3v) is 5.36. The number of ether oxygens (including phenoxy) is 1. The average Bonchev–Trinajstić information content (AvgIpc) is 2.88. The lowest BCUT2D eigenvalue weighted by molar-refractivity contribution is -0.150. The van der Waals surface area contributed by atoms with Gasteiger partial charge in [0, 0.05) is 42.8 Å². The Balaban J connectivity index is 1.79. The van der Waals surface area contributed by atoms with Crippen LogP contribution in [0.1, 0.15) is 20.3 Å². The highest BCUT2D eigenvalue weighted by atomic mass is 16.5. The van der Waals surface area contributed by atoms with Gasteiger partial charge in [0.2, 0.25) is 0 Å². The van der Waals surface area contributed by atoms with Crippen LogP contribution in [0.2, 0.25) is 0 Å². The molecule has 3 heteroatoms. The molecule has 0 amide bonds. The van der Waals surface area contributed by atoms with Crippen molar-refractivity contribution in [3.63, 3.8) is 0 Å². The molecule has 3 unspecified atom stereocenters. The normalized spacial score (nSPS) is 35.6. The lowest BCUT2D eigenvalue weighted by atomic mass is 9.48. The number of hydrogen-bond donors (Lipinski definition) is 1. The molecule has 1 heterocycles. The first-order valence-electron chi connectivity index (χ1n) is 7.13. The highest BCUT2D eigenvalue weighted by Crippen LogP contribution is 2.58. The van der Waals surface area contributed by atoms with Gasteiger partial charge in [-0.05, 0) is 18.6 Å². The van der Waals surface area contributed by atoms with Crippen LogP contribution in [-0.4, -0.2) is 31.8 Å². The Labute approximate surface area is 115 Å². The van der Waals surface area contributed by atoms with Crippen molar-refractivity contribution in [3.8, 4) is 0 Å². The van der Waals surface area contributed by atoms with Gasteiger partial charge in [0.05, 0.1) is 6.10 Å². The van der Waals surface area contributed by atoms with E-state index in [0.29, 0.717) is 12.0 Å². The summed E-state index contributed by atoms with van der Waals surface area (Å²) >= 11 is 0. The maximum atomic E-state index is 6.78. The van der Waals surface area contributed by atoms with Crippen molar-refractivity contribution < 1.29 is 4.74 Å². The number of para-hydroxylation sites is 1. The lowest BCUT2D eigenvalue weighted by Crippen LogP contribution is -2.78. The average molecular weight is 260 g/mol. The molecule has 19 heavy (non-hydrogen) atoms. The summed E-state index contributed by atoms with van der Waals surface area (Å²) in [5.74, 6) is 0.508.